The number of aryl methyl sites for hydroxylation is 1. The van der Waals surface area contributed by atoms with Crippen LogP contribution in [0.1, 0.15) is 28.4 Å². The first-order chi connectivity index (χ1) is 12.5. The number of benzene rings is 2. The minimum absolute atomic E-state index is 0.00151. The molecular formula is C21H17NO3S. The van der Waals surface area contributed by atoms with Crippen molar-refractivity contribution in [3.63, 3.8) is 0 Å². The summed E-state index contributed by atoms with van der Waals surface area (Å²) in [5.74, 6) is 0.967. The summed E-state index contributed by atoms with van der Waals surface area (Å²) in [4.78, 5) is 13.6. The van der Waals surface area contributed by atoms with Gasteiger partial charge in [0.25, 0.3) is 0 Å². The minimum Gasteiger partial charge on any atom is -0.497 e. The maximum Gasteiger partial charge on any atom is 0.207 e. The molecule has 1 aliphatic heterocycles. The number of ether oxygens (including phenoxy) is 2. The predicted molar refractivity (Wildman–Crippen MR) is 102 cm³/mol. The van der Waals surface area contributed by atoms with Crippen molar-refractivity contribution in [2.24, 2.45) is 0 Å². The van der Waals surface area contributed by atoms with Crippen LogP contribution < -0.4 is 4.74 Å². The maximum absolute atomic E-state index is 12.7. The lowest BCUT2D eigenvalue weighted by molar-refractivity contribution is 0.103. The number of thioether (sulfide) groups is 1. The van der Waals surface area contributed by atoms with Gasteiger partial charge in [0.1, 0.15) is 23.2 Å². The first-order valence-electron chi connectivity index (χ1n) is 8.00. The number of nitrogens with zero attached hydrogens (tertiary/aromatic N) is 1. The van der Waals surface area contributed by atoms with Crippen LogP contribution in [0.3, 0.4) is 0 Å². The third-order valence-corrected chi connectivity index (χ3v) is 4.93. The lowest BCUT2D eigenvalue weighted by Crippen LogP contribution is -2.04. The molecule has 0 fully saturated rings. The zero-order valence-corrected chi connectivity index (χ0v) is 15.5. The number of allylic oxidation sites excluding steroid dienone is 2. The van der Waals surface area contributed by atoms with E-state index in [1.54, 1.807) is 31.4 Å². The van der Waals surface area contributed by atoms with Gasteiger partial charge in [0.15, 0.2) is 5.09 Å². The fourth-order valence-electron chi connectivity index (χ4n) is 2.52. The van der Waals surface area contributed by atoms with Gasteiger partial charge in [-0.05, 0) is 38.1 Å². The fourth-order valence-corrected chi connectivity index (χ4v) is 3.41. The van der Waals surface area contributed by atoms with Crippen LogP contribution in [0.25, 0.3) is 5.76 Å². The number of ketones is 1. The smallest absolute Gasteiger partial charge is 0.207 e. The summed E-state index contributed by atoms with van der Waals surface area (Å²) in [5, 5.41) is 9.85. The largest absolute Gasteiger partial charge is 0.497 e. The maximum atomic E-state index is 12.7. The molecule has 0 amide bonds. The highest BCUT2D eigenvalue weighted by atomic mass is 32.2. The van der Waals surface area contributed by atoms with Crippen LogP contribution in [-0.2, 0) is 4.74 Å². The molecule has 0 atom stereocenters. The van der Waals surface area contributed by atoms with E-state index in [-0.39, 0.29) is 11.4 Å². The molecule has 1 aliphatic rings. The first kappa shape index (κ1) is 17.8. The van der Waals surface area contributed by atoms with Crippen molar-refractivity contribution in [3.8, 4) is 11.8 Å². The fraction of sp³-hybridized carbons (Fsp3) is 0.143. The number of carbonyl (C=O) groups is 1. The summed E-state index contributed by atoms with van der Waals surface area (Å²) in [6.07, 6.45) is 0. The molecule has 0 saturated carbocycles. The number of Topliss-reactive ketones (excluding diaryl/α,β-unsaturated/α-hetero) is 1. The van der Waals surface area contributed by atoms with Gasteiger partial charge in [-0.1, -0.05) is 41.6 Å². The number of methoxy groups -OCH3 is 1. The molecule has 2 aromatic carbocycles. The van der Waals surface area contributed by atoms with Crippen LogP contribution in [0.4, 0.5) is 0 Å². The Labute approximate surface area is 156 Å². The van der Waals surface area contributed by atoms with Crippen LogP contribution in [0, 0.1) is 18.3 Å². The van der Waals surface area contributed by atoms with E-state index in [9.17, 15) is 10.1 Å². The van der Waals surface area contributed by atoms with Gasteiger partial charge in [-0.2, -0.15) is 5.26 Å². The van der Waals surface area contributed by atoms with E-state index in [4.69, 9.17) is 9.47 Å². The molecule has 0 aromatic heterocycles. The number of rotatable bonds is 4. The van der Waals surface area contributed by atoms with Gasteiger partial charge in [-0.25, -0.2) is 0 Å². The lowest BCUT2D eigenvalue weighted by Gasteiger charge is -2.07. The Morgan fingerprint density at radius 3 is 2.31 bits per heavy atom. The van der Waals surface area contributed by atoms with Crippen molar-refractivity contribution in [2.45, 2.75) is 13.8 Å². The molecule has 0 aliphatic carbocycles. The Hall–Kier alpha value is -2.97. The van der Waals surface area contributed by atoms with E-state index in [1.165, 1.54) is 11.8 Å². The zero-order chi connectivity index (χ0) is 18.7. The van der Waals surface area contributed by atoms with E-state index in [0.29, 0.717) is 22.2 Å². The Kier molecular flexibility index (Phi) is 5.15. The normalized spacial score (nSPS) is 15.3. The number of hydrogen-bond acceptors (Lipinski definition) is 5. The van der Waals surface area contributed by atoms with E-state index >= 15 is 0 Å². The number of nitriles is 1. The van der Waals surface area contributed by atoms with Gasteiger partial charge in [0, 0.05) is 16.0 Å². The summed E-state index contributed by atoms with van der Waals surface area (Å²) in [7, 11) is 1.56. The average molecular weight is 363 g/mol. The van der Waals surface area contributed by atoms with Crippen LogP contribution in [0.15, 0.2) is 64.1 Å². The Balaban J connectivity index is 1.90. The SMILES string of the molecule is COc1ccc(C(=O)/C(C#N)=C2/OC(c3ccc(C)cc3)=C(C)S2)cc1. The van der Waals surface area contributed by atoms with Gasteiger partial charge < -0.3 is 9.47 Å². The number of carbonyl (C=O) groups excluding carboxylic acids is 1. The topological polar surface area (TPSA) is 59.3 Å². The van der Waals surface area contributed by atoms with Gasteiger partial charge >= 0.3 is 0 Å². The molecule has 5 heteroatoms. The molecule has 26 heavy (non-hydrogen) atoms. The van der Waals surface area contributed by atoms with Crippen molar-refractivity contribution < 1.29 is 14.3 Å². The van der Waals surface area contributed by atoms with Crippen molar-refractivity contribution in [2.75, 3.05) is 7.11 Å². The van der Waals surface area contributed by atoms with Gasteiger partial charge in [-0.3, -0.25) is 4.79 Å². The molecule has 1 heterocycles. The summed E-state index contributed by atoms with van der Waals surface area (Å²) in [6.45, 7) is 3.93. The molecule has 0 N–H and O–H groups in total. The third-order valence-electron chi connectivity index (χ3n) is 3.97. The quantitative estimate of drug-likeness (QED) is 0.431. The minimum atomic E-state index is -0.365. The van der Waals surface area contributed by atoms with Crippen LogP contribution in [-0.4, -0.2) is 12.9 Å². The second-order valence-corrected chi connectivity index (χ2v) is 6.97. The van der Waals surface area contributed by atoms with Crippen LogP contribution in [0.5, 0.6) is 5.75 Å². The Morgan fingerprint density at radius 1 is 1.08 bits per heavy atom. The third kappa shape index (κ3) is 3.51. The highest BCUT2D eigenvalue weighted by Crippen LogP contribution is 2.44. The molecule has 130 valence electrons. The highest BCUT2D eigenvalue weighted by Gasteiger charge is 2.27. The summed E-state index contributed by atoms with van der Waals surface area (Å²) < 4.78 is 11.0. The van der Waals surface area contributed by atoms with Crippen molar-refractivity contribution in [3.05, 3.63) is 80.8 Å². The molecule has 0 bridgehead atoms. The Morgan fingerprint density at radius 2 is 1.73 bits per heavy atom. The molecule has 0 saturated heterocycles. The summed E-state index contributed by atoms with van der Waals surface area (Å²) in [5.41, 5.74) is 2.49. The molecule has 4 nitrogen and oxygen atoms in total. The van der Waals surface area contributed by atoms with E-state index in [0.717, 1.165) is 16.0 Å². The first-order valence-corrected chi connectivity index (χ1v) is 8.82. The van der Waals surface area contributed by atoms with Crippen LogP contribution in [0.2, 0.25) is 0 Å². The average Bonchev–Trinajstić information content (AvgIpc) is 3.04. The van der Waals surface area contributed by atoms with Crippen molar-refractivity contribution >= 4 is 23.3 Å². The second kappa shape index (κ2) is 7.51. The van der Waals surface area contributed by atoms with Crippen LogP contribution >= 0.6 is 11.8 Å². The molecular weight excluding hydrogens is 346 g/mol. The van der Waals surface area contributed by atoms with Crippen molar-refractivity contribution in [1.29, 1.82) is 5.26 Å². The van der Waals surface area contributed by atoms with E-state index in [2.05, 4.69) is 0 Å². The molecule has 0 radical (unpaired) electrons. The van der Waals surface area contributed by atoms with Crippen molar-refractivity contribution in [1.82, 2.24) is 0 Å². The van der Waals surface area contributed by atoms with E-state index < -0.39 is 0 Å². The summed E-state index contributed by atoms with van der Waals surface area (Å²) >= 11 is 1.31. The zero-order valence-electron chi connectivity index (χ0n) is 14.7. The Bertz CT molecular complexity index is 948. The summed E-state index contributed by atoms with van der Waals surface area (Å²) in [6, 6.07) is 16.6. The molecule has 2 aromatic rings. The standard InChI is InChI=1S/C21H17NO3S/c1-13-4-6-16(7-5-13)20-14(2)26-21(25-20)18(12-22)19(23)15-8-10-17(24-3)11-9-15/h4-11H,1-3H3/b21-18-. The number of hydrogen-bond donors (Lipinski definition) is 0. The van der Waals surface area contributed by atoms with E-state index in [1.807, 2.05) is 44.2 Å². The molecule has 0 spiro atoms. The highest BCUT2D eigenvalue weighted by molar-refractivity contribution is 8.07. The molecule has 0 unspecified atom stereocenters. The van der Waals surface area contributed by atoms with Gasteiger partial charge in [0.05, 0.1) is 7.11 Å². The predicted octanol–water partition coefficient (Wildman–Crippen LogP) is 5.07. The molecule has 3 rings (SSSR count). The van der Waals surface area contributed by atoms with Gasteiger partial charge in [0.2, 0.25) is 5.78 Å². The van der Waals surface area contributed by atoms with Gasteiger partial charge in [-0.15, -0.1) is 0 Å². The lowest BCUT2D eigenvalue weighted by atomic mass is 10.1. The second-order valence-electron chi connectivity index (χ2n) is 5.79. The monoisotopic (exact) mass is 363 g/mol.